The van der Waals surface area contributed by atoms with E-state index in [0.29, 0.717) is 11.3 Å². The predicted octanol–water partition coefficient (Wildman–Crippen LogP) is 4.62. The summed E-state index contributed by atoms with van der Waals surface area (Å²) in [6.45, 7) is 1.99. The van der Waals surface area contributed by atoms with Gasteiger partial charge in [0.1, 0.15) is 6.54 Å². The summed E-state index contributed by atoms with van der Waals surface area (Å²) in [7, 11) is 1.58. The average molecular weight is 397 g/mol. The van der Waals surface area contributed by atoms with Gasteiger partial charge in [0.25, 0.3) is 5.91 Å². The second kappa shape index (κ2) is 8.25. The maximum absolute atomic E-state index is 13.0. The minimum absolute atomic E-state index is 0.138. The zero-order valence-corrected chi connectivity index (χ0v) is 17.0. The van der Waals surface area contributed by atoms with Gasteiger partial charge in [-0.2, -0.15) is 0 Å². The molecule has 0 bridgehead atoms. The van der Waals surface area contributed by atoms with Gasteiger partial charge >= 0.3 is 0 Å². The number of carbonyl (C=O) groups excluding carboxylic acids is 2. The van der Waals surface area contributed by atoms with Crippen molar-refractivity contribution in [3.63, 3.8) is 0 Å². The highest BCUT2D eigenvalue weighted by Gasteiger charge is 2.17. The smallest absolute Gasteiger partial charge is 0.253 e. The first-order chi connectivity index (χ1) is 14.6. The van der Waals surface area contributed by atoms with Crippen LogP contribution in [0.2, 0.25) is 0 Å². The molecule has 0 radical (unpaired) electrons. The highest BCUT2D eigenvalue weighted by atomic mass is 16.2. The van der Waals surface area contributed by atoms with Gasteiger partial charge < -0.3 is 15.2 Å². The van der Waals surface area contributed by atoms with Crippen molar-refractivity contribution >= 4 is 28.4 Å². The number of hydrogen-bond acceptors (Lipinski definition) is 2. The number of anilines is 1. The zero-order valence-electron chi connectivity index (χ0n) is 17.0. The van der Waals surface area contributed by atoms with E-state index in [4.69, 9.17) is 0 Å². The van der Waals surface area contributed by atoms with Crippen LogP contribution in [0.3, 0.4) is 0 Å². The fourth-order valence-corrected chi connectivity index (χ4v) is 3.76. The summed E-state index contributed by atoms with van der Waals surface area (Å²) in [4.78, 5) is 25.3. The number of amides is 2. The van der Waals surface area contributed by atoms with Crippen LogP contribution in [0.5, 0.6) is 0 Å². The van der Waals surface area contributed by atoms with Crippen LogP contribution < -0.4 is 10.6 Å². The summed E-state index contributed by atoms with van der Waals surface area (Å²) < 4.78 is 2.01. The minimum Gasteiger partial charge on any atom is -0.355 e. The van der Waals surface area contributed by atoms with Crippen LogP contribution in [0.1, 0.15) is 15.9 Å². The fourth-order valence-electron chi connectivity index (χ4n) is 3.76. The molecule has 2 N–H and O–H groups in total. The Kier molecular flexibility index (Phi) is 5.35. The molecule has 0 spiro atoms. The van der Waals surface area contributed by atoms with Gasteiger partial charge in [0.15, 0.2) is 0 Å². The maximum Gasteiger partial charge on any atom is 0.253 e. The molecular formula is C25H23N3O2. The van der Waals surface area contributed by atoms with Gasteiger partial charge in [0, 0.05) is 23.6 Å². The third-order valence-corrected chi connectivity index (χ3v) is 5.18. The molecule has 0 saturated heterocycles. The van der Waals surface area contributed by atoms with Crippen LogP contribution in [0.4, 0.5) is 5.69 Å². The number of aryl methyl sites for hydroxylation is 1. The van der Waals surface area contributed by atoms with E-state index in [1.54, 1.807) is 13.1 Å². The van der Waals surface area contributed by atoms with Crippen molar-refractivity contribution in [3.05, 3.63) is 90.0 Å². The van der Waals surface area contributed by atoms with E-state index in [2.05, 4.69) is 16.7 Å². The van der Waals surface area contributed by atoms with Crippen molar-refractivity contribution in [3.8, 4) is 11.3 Å². The molecule has 0 atom stereocenters. The molecule has 5 nitrogen and oxygen atoms in total. The lowest BCUT2D eigenvalue weighted by Crippen LogP contribution is -2.24. The number of hydrogen-bond donors (Lipinski definition) is 2. The summed E-state index contributed by atoms with van der Waals surface area (Å²) in [6, 6.07) is 25.6. The Bertz CT molecular complexity index is 1230. The molecule has 0 aliphatic heterocycles. The number of aromatic nitrogens is 1. The lowest BCUT2D eigenvalue weighted by Gasteiger charge is -2.15. The van der Waals surface area contributed by atoms with Crippen LogP contribution >= 0.6 is 0 Å². The van der Waals surface area contributed by atoms with E-state index in [1.807, 2.05) is 78.2 Å². The van der Waals surface area contributed by atoms with Crippen molar-refractivity contribution in [2.24, 2.45) is 0 Å². The Morgan fingerprint density at radius 3 is 2.40 bits per heavy atom. The van der Waals surface area contributed by atoms with Gasteiger partial charge in [-0.15, -0.1) is 0 Å². The topological polar surface area (TPSA) is 63.1 Å². The maximum atomic E-state index is 13.0. The Hall–Kier alpha value is -3.86. The first-order valence-corrected chi connectivity index (χ1v) is 9.83. The highest BCUT2D eigenvalue weighted by molar-refractivity contribution is 6.05. The standard InChI is InChI=1S/C25H23N3O2/c1-17-9-8-13-20(24(17)25(30)26-2)27-23(29)16-28-21-14-7-6-12-19(21)15-22(28)18-10-4-3-5-11-18/h3-15H,16H2,1-2H3,(H,26,30)(H,27,29). The lowest BCUT2D eigenvalue weighted by molar-refractivity contribution is -0.116. The molecule has 0 fully saturated rings. The predicted molar refractivity (Wildman–Crippen MR) is 121 cm³/mol. The Balaban J connectivity index is 1.70. The van der Waals surface area contributed by atoms with Crippen molar-refractivity contribution in [1.29, 1.82) is 0 Å². The van der Waals surface area contributed by atoms with E-state index in [-0.39, 0.29) is 18.4 Å². The second-order valence-corrected chi connectivity index (χ2v) is 7.17. The quantitative estimate of drug-likeness (QED) is 0.516. The van der Waals surface area contributed by atoms with Gasteiger partial charge in [-0.3, -0.25) is 9.59 Å². The monoisotopic (exact) mass is 397 g/mol. The van der Waals surface area contributed by atoms with E-state index < -0.39 is 0 Å². The summed E-state index contributed by atoms with van der Waals surface area (Å²) in [6.07, 6.45) is 0. The molecule has 5 heteroatoms. The zero-order chi connectivity index (χ0) is 21.1. The Morgan fingerprint density at radius 1 is 0.900 bits per heavy atom. The molecule has 30 heavy (non-hydrogen) atoms. The number of nitrogens with zero attached hydrogens (tertiary/aromatic N) is 1. The Morgan fingerprint density at radius 2 is 1.63 bits per heavy atom. The molecule has 1 aromatic heterocycles. The molecule has 4 aromatic rings. The number of carbonyl (C=O) groups is 2. The summed E-state index contributed by atoms with van der Waals surface area (Å²) in [5.41, 5.74) is 4.81. The van der Waals surface area contributed by atoms with Crippen LogP contribution in [0.25, 0.3) is 22.2 Å². The highest BCUT2D eigenvalue weighted by Crippen LogP contribution is 2.28. The molecule has 3 aromatic carbocycles. The van der Waals surface area contributed by atoms with E-state index >= 15 is 0 Å². The normalized spacial score (nSPS) is 10.7. The largest absolute Gasteiger partial charge is 0.355 e. The van der Waals surface area contributed by atoms with Crippen LogP contribution in [-0.4, -0.2) is 23.4 Å². The summed E-state index contributed by atoms with van der Waals surface area (Å²) in [5, 5.41) is 6.64. The SMILES string of the molecule is CNC(=O)c1c(C)cccc1NC(=O)Cn1c(-c2ccccc2)cc2ccccc21. The molecule has 150 valence electrons. The van der Waals surface area contributed by atoms with E-state index in [0.717, 1.165) is 27.7 Å². The molecule has 1 heterocycles. The fraction of sp³-hybridized carbons (Fsp3) is 0.120. The van der Waals surface area contributed by atoms with Gasteiger partial charge in [-0.25, -0.2) is 0 Å². The molecular weight excluding hydrogens is 374 g/mol. The number of fused-ring (bicyclic) bond motifs is 1. The van der Waals surface area contributed by atoms with Crippen molar-refractivity contribution in [2.75, 3.05) is 12.4 Å². The van der Waals surface area contributed by atoms with Crippen LogP contribution in [-0.2, 0) is 11.3 Å². The average Bonchev–Trinajstić information content (AvgIpc) is 3.12. The van der Waals surface area contributed by atoms with Crippen molar-refractivity contribution < 1.29 is 9.59 Å². The number of nitrogens with one attached hydrogen (secondary N) is 2. The lowest BCUT2D eigenvalue weighted by atomic mass is 10.1. The van der Waals surface area contributed by atoms with E-state index in [1.165, 1.54) is 0 Å². The van der Waals surface area contributed by atoms with E-state index in [9.17, 15) is 9.59 Å². The van der Waals surface area contributed by atoms with Crippen molar-refractivity contribution in [2.45, 2.75) is 13.5 Å². The minimum atomic E-state index is -0.222. The summed E-state index contributed by atoms with van der Waals surface area (Å²) >= 11 is 0. The second-order valence-electron chi connectivity index (χ2n) is 7.17. The van der Waals surface area contributed by atoms with Crippen molar-refractivity contribution in [1.82, 2.24) is 9.88 Å². The summed E-state index contributed by atoms with van der Waals surface area (Å²) in [5.74, 6) is -0.413. The molecule has 2 amide bonds. The molecule has 0 aliphatic rings. The first-order valence-electron chi connectivity index (χ1n) is 9.83. The van der Waals surface area contributed by atoms with Gasteiger partial charge in [0.2, 0.25) is 5.91 Å². The van der Waals surface area contributed by atoms with Crippen LogP contribution in [0.15, 0.2) is 78.9 Å². The number of rotatable bonds is 5. The molecule has 0 aliphatic carbocycles. The van der Waals surface area contributed by atoms with Gasteiger partial charge in [-0.1, -0.05) is 60.7 Å². The number of benzene rings is 3. The third-order valence-electron chi connectivity index (χ3n) is 5.18. The molecule has 0 unspecified atom stereocenters. The molecule has 0 saturated carbocycles. The molecule has 4 rings (SSSR count). The first kappa shape index (κ1) is 19.5. The van der Waals surface area contributed by atoms with Gasteiger partial charge in [-0.05, 0) is 36.2 Å². The third kappa shape index (κ3) is 3.70. The Labute approximate surface area is 175 Å². The van der Waals surface area contributed by atoms with Crippen LogP contribution in [0, 0.1) is 6.92 Å². The number of para-hydroxylation sites is 1. The van der Waals surface area contributed by atoms with Gasteiger partial charge in [0.05, 0.1) is 11.3 Å².